The fourth-order valence-corrected chi connectivity index (χ4v) is 3.92. The largest absolute Gasteiger partial charge is 0.326 e. The first kappa shape index (κ1) is 17.6. The van der Waals surface area contributed by atoms with Crippen molar-refractivity contribution in [2.75, 3.05) is 16.8 Å². The van der Waals surface area contributed by atoms with Crippen LogP contribution in [-0.4, -0.2) is 41.2 Å². The first-order valence-corrected chi connectivity index (χ1v) is 9.01. The van der Waals surface area contributed by atoms with Crippen molar-refractivity contribution >= 4 is 29.1 Å². The third-order valence-electron chi connectivity index (χ3n) is 5.11. The van der Waals surface area contributed by atoms with E-state index >= 15 is 0 Å². The van der Waals surface area contributed by atoms with E-state index in [4.69, 9.17) is 0 Å². The molecule has 6 nitrogen and oxygen atoms in total. The van der Waals surface area contributed by atoms with Gasteiger partial charge in [-0.2, -0.15) is 0 Å². The number of nitrogens with one attached hydrogen (secondary N) is 1. The minimum Gasteiger partial charge on any atom is -0.326 e. The van der Waals surface area contributed by atoms with Crippen molar-refractivity contribution in [1.82, 2.24) is 4.90 Å². The maximum absolute atomic E-state index is 12.9. The van der Waals surface area contributed by atoms with E-state index in [0.29, 0.717) is 17.4 Å². The molecule has 1 N–H and O–H groups in total. The van der Waals surface area contributed by atoms with E-state index in [9.17, 15) is 14.4 Å². The maximum Gasteiger partial charge on any atom is 0.251 e. The molecule has 2 atom stereocenters. The van der Waals surface area contributed by atoms with Crippen LogP contribution < -0.4 is 10.2 Å². The molecule has 3 amide bonds. The van der Waals surface area contributed by atoms with Crippen LogP contribution in [0, 0.1) is 0 Å². The number of hydrogen-bond donors (Lipinski definition) is 1. The van der Waals surface area contributed by atoms with Gasteiger partial charge in [-0.05, 0) is 50.1 Å². The Balaban J connectivity index is 1.78. The summed E-state index contributed by atoms with van der Waals surface area (Å²) in [6, 6.07) is 6.87. The molecular formula is C19H25N3O3. The monoisotopic (exact) mass is 343 g/mol. The number of rotatable bonds is 4. The smallest absolute Gasteiger partial charge is 0.251 e. The van der Waals surface area contributed by atoms with Crippen LogP contribution in [0.2, 0.25) is 0 Å². The van der Waals surface area contributed by atoms with Crippen molar-refractivity contribution in [2.45, 2.75) is 58.0 Å². The van der Waals surface area contributed by atoms with Crippen molar-refractivity contribution in [3.8, 4) is 0 Å². The molecule has 2 saturated heterocycles. The second-order valence-electron chi connectivity index (χ2n) is 6.81. The Labute approximate surface area is 148 Å². The summed E-state index contributed by atoms with van der Waals surface area (Å²) in [5.74, 6) is -0.433. The molecule has 2 heterocycles. The highest BCUT2D eigenvalue weighted by Crippen LogP contribution is 2.31. The van der Waals surface area contributed by atoms with Crippen LogP contribution in [-0.2, 0) is 14.4 Å². The van der Waals surface area contributed by atoms with Gasteiger partial charge in [-0.1, -0.05) is 13.3 Å². The third-order valence-corrected chi connectivity index (χ3v) is 5.11. The van der Waals surface area contributed by atoms with E-state index in [-0.39, 0.29) is 30.2 Å². The Morgan fingerprint density at radius 1 is 1.20 bits per heavy atom. The number of piperidine rings is 1. The van der Waals surface area contributed by atoms with Gasteiger partial charge >= 0.3 is 0 Å². The zero-order valence-electron chi connectivity index (χ0n) is 14.8. The molecule has 1 aromatic rings. The number of hydrogen-bond acceptors (Lipinski definition) is 4. The van der Waals surface area contributed by atoms with Gasteiger partial charge in [0.25, 0.3) is 5.91 Å². The minimum atomic E-state index is -0.340. The standard InChI is InChI=1S/C19H25N3O3/c1-3-15-6-4-5-11-21(15)17-12-18(24)22(19(17)25)16-9-7-14(8-10-16)20-13(2)23/h7-10,15,17H,3-6,11-12H2,1-2H3,(H,20,23). The highest BCUT2D eigenvalue weighted by Gasteiger charge is 2.44. The molecule has 2 unspecified atom stereocenters. The molecular weight excluding hydrogens is 318 g/mol. The molecule has 0 aromatic heterocycles. The van der Waals surface area contributed by atoms with Crippen LogP contribution in [0.15, 0.2) is 24.3 Å². The number of amides is 3. The summed E-state index contributed by atoms with van der Waals surface area (Å²) < 4.78 is 0. The number of benzene rings is 1. The maximum atomic E-state index is 12.9. The first-order chi connectivity index (χ1) is 12.0. The van der Waals surface area contributed by atoms with Crippen molar-refractivity contribution in [3.63, 3.8) is 0 Å². The second-order valence-corrected chi connectivity index (χ2v) is 6.81. The molecule has 134 valence electrons. The van der Waals surface area contributed by atoms with Crippen molar-refractivity contribution in [1.29, 1.82) is 0 Å². The van der Waals surface area contributed by atoms with E-state index in [1.807, 2.05) is 0 Å². The zero-order valence-corrected chi connectivity index (χ0v) is 14.8. The number of carbonyl (C=O) groups is 3. The van der Waals surface area contributed by atoms with Crippen molar-refractivity contribution in [3.05, 3.63) is 24.3 Å². The summed E-state index contributed by atoms with van der Waals surface area (Å²) in [6.07, 6.45) is 4.63. The van der Waals surface area contributed by atoms with Crippen LogP contribution in [0.25, 0.3) is 0 Å². The Bertz CT molecular complexity index is 671. The summed E-state index contributed by atoms with van der Waals surface area (Å²) in [7, 11) is 0. The van der Waals surface area contributed by atoms with Crippen LogP contribution in [0.3, 0.4) is 0 Å². The summed E-state index contributed by atoms with van der Waals surface area (Å²) >= 11 is 0. The summed E-state index contributed by atoms with van der Waals surface area (Å²) in [5.41, 5.74) is 1.21. The Morgan fingerprint density at radius 3 is 2.56 bits per heavy atom. The van der Waals surface area contributed by atoms with Crippen molar-refractivity contribution in [2.24, 2.45) is 0 Å². The van der Waals surface area contributed by atoms with Gasteiger partial charge in [-0.25, -0.2) is 4.90 Å². The molecule has 2 aliphatic rings. The Morgan fingerprint density at radius 2 is 1.92 bits per heavy atom. The third kappa shape index (κ3) is 3.58. The van der Waals surface area contributed by atoms with E-state index in [1.54, 1.807) is 24.3 Å². The fourth-order valence-electron chi connectivity index (χ4n) is 3.92. The normalized spacial score (nSPS) is 24.6. The van der Waals surface area contributed by atoms with Crippen LogP contribution >= 0.6 is 0 Å². The van der Waals surface area contributed by atoms with Gasteiger partial charge < -0.3 is 5.32 Å². The number of nitrogens with zero attached hydrogens (tertiary/aromatic N) is 2. The topological polar surface area (TPSA) is 69.7 Å². The molecule has 0 saturated carbocycles. The van der Waals surface area contributed by atoms with E-state index < -0.39 is 0 Å². The first-order valence-electron chi connectivity index (χ1n) is 9.01. The van der Waals surface area contributed by atoms with E-state index in [0.717, 1.165) is 25.8 Å². The lowest BCUT2D eigenvalue weighted by Gasteiger charge is -2.38. The van der Waals surface area contributed by atoms with E-state index in [2.05, 4.69) is 17.1 Å². The SMILES string of the molecule is CCC1CCCCN1C1CC(=O)N(c2ccc(NC(C)=O)cc2)C1=O. The average Bonchev–Trinajstić information content (AvgIpc) is 2.89. The molecule has 0 aliphatic carbocycles. The van der Waals surface area contributed by atoms with Gasteiger partial charge in [0, 0.05) is 18.7 Å². The van der Waals surface area contributed by atoms with Crippen LogP contribution in [0.4, 0.5) is 11.4 Å². The second kappa shape index (κ2) is 7.35. The zero-order chi connectivity index (χ0) is 18.0. The molecule has 3 rings (SSSR count). The molecule has 0 radical (unpaired) electrons. The molecule has 2 aliphatic heterocycles. The van der Waals surface area contributed by atoms with Crippen LogP contribution in [0.1, 0.15) is 46.0 Å². The number of carbonyl (C=O) groups excluding carboxylic acids is 3. The fraction of sp³-hybridized carbons (Fsp3) is 0.526. The molecule has 0 spiro atoms. The van der Waals surface area contributed by atoms with Gasteiger partial charge in [-0.15, -0.1) is 0 Å². The lowest BCUT2D eigenvalue weighted by Crippen LogP contribution is -2.49. The van der Waals surface area contributed by atoms with Gasteiger partial charge in [0.2, 0.25) is 11.8 Å². The molecule has 1 aromatic carbocycles. The molecule has 6 heteroatoms. The highest BCUT2D eigenvalue weighted by atomic mass is 16.2. The Hall–Kier alpha value is -2.21. The predicted octanol–water partition coefficient (Wildman–Crippen LogP) is 2.54. The van der Waals surface area contributed by atoms with Gasteiger partial charge in [0.05, 0.1) is 18.2 Å². The minimum absolute atomic E-state index is 0.127. The Kier molecular flexibility index (Phi) is 5.18. The molecule has 0 bridgehead atoms. The predicted molar refractivity (Wildman–Crippen MR) is 96.3 cm³/mol. The lowest BCUT2D eigenvalue weighted by molar-refractivity contribution is -0.123. The van der Waals surface area contributed by atoms with Gasteiger partial charge in [-0.3, -0.25) is 19.3 Å². The van der Waals surface area contributed by atoms with Crippen LogP contribution in [0.5, 0.6) is 0 Å². The lowest BCUT2D eigenvalue weighted by atomic mass is 9.97. The summed E-state index contributed by atoms with van der Waals surface area (Å²) in [4.78, 5) is 40.1. The quantitative estimate of drug-likeness (QED) is 0.853. The summed E-state index contributed by atoms with van der Waals surface area (Å²) in [5, 5.41) is 2.68. The van der Waals surface area contributed by atoms with Gasteiger partial charge in [0.15, 0.2) is 0 Å². The average molecular weight is 343 g/mol. The van der Waals surface area contributed by atoms with Gasteiger partial charge in [0.1, 0.15) is 0 Å². The molecule has 2 fully saturated rings. The summed E-state index contributed by atoms with van der Waals surface area (Å²) in [6.45, 7) is 4.47. The van der Waals surface area contributed by atoms with Crippen molar-refractivity contribution < 1.29 is 14.4 Å². The number of anilines is 2. The highest BCUT2D eigenvalue weighted by molar-refractivity contribution is 6.22. The van der Waals surface area contributed by atoms with E-state index in [1.165, 1.54) is 18.2 Å². The number of likely N-dealkylation sites (tertiary alicyclic amines) is 1. The number of imide groups is 1. The molecule has 25 heavy (non-hydrogen) atoms.